The van der Waals surface area contributed by atoms with Crippen LogP contribution < -0.4 is 21.5 Å². The molecule has 0 aliphatic rings. The number of aromatic amines is 1. The van der Waals surface area contributed by atoms with Crippen LogP contribution in [-0.2, 0) is 6.18 Å². The lowest BCUT2D eigenvalue weighted by Gasteiger charge is -2.13. The minimum absolute atomic E-state index is 0.00811. The van der Waals surface area contributed by atoms with Crippen molar-refractivity contribution in [2.45, 2.75) is 6.18 Å². The second-order valence-corrected chi connectivity index (χ2v) is 7.73. The van der Waals surface area contributed by atoms with Crippen LogP contribution in [0.15, 0.2) is 65.7 Å². The van der Waals surface area contributed by atoms with E-state index in [9.17, 15) is 32.9 Å². The molecule has 4 aromatic rings. The third-order valence-electron chi connectivity index (χ3n) is 4.93. The largest absolute Gasteiger partial charge is 0.416 e. The topological polar surface area (TPSA) is 142 Å². The molecule has 0 radical (unpaired) electrons. The summed E-state index contributed by atoms with van der Waals surface area (Å²) < 4.78 is 38.7. The summed E-state index contributed by atoms with van der Waals surface area (Å²) in [7, 11) is 0. The van der Waals surface area contributed by atoms with Crippen molar-refractivity contribution in [1.82, 2.24) is 9.97 Å². The molecule has 10 nitrogen and oxygen atoms in total. The number of urea groups is 1. The van der Waals surface area contributed by atoms with Gasteiger partial charge in [-0.3, -0.25) is 14.9 Å². The second kappa shape index (κ2) is 9.54. The van der Waals surface area contributed by atoms with E-state index in [1.165, 1.54) is 24.3 Å². The molecule has 1 aromatic heterocycles. The Morgan fingerprint density at radius 2 is 1.69 bits per heavy atom. The molecule has 184 valence electrons. The number of benzene rings is 3. The molecule has 4 rings (SSSR count). The van der Waals surface area contributed by atoms with Gasteiger partial charge in [0.25, 0.3) is 11.2 Å². The van der Waals surface area contributed by atoms with E-state index in [0.29, 0.717) is 11.4 Å². The van der Waals surface area contributed by atoms with E-state index in [-0.39, 0.29) is 33.0 Å². The maximum atomic E-state index is 12.9. The number of amides is 2. The highest BCUT2D eigenvalue weighted by molar-refractivity contribution is 6.33. The van der Waals surface area contributed by atoms with Gasteiger partial charge in [0.1, 0.15) is 0 Å². The third kappa shape index (κ3) is 5.20. The molecule has 14 heteroatoms. The molecule has 0 spiro atoms. The maximum Gasteiger partial charge on any atom is 0.416 e. The van der Waals surface area contributed by atoms with E-state index in [4.69, 9.17) is 11.6 Å². The molecular weight excluding hydrogens is 505 g/mol. The van der Waals surface area contributed by atoms with Gasteiger partial charge in [0.05, 0.1) is 38.6 Å². The zero-order chi connectivity index (χ0) is 26.0. The molecule has 0 atom stereocenters. The number of non-ortho nitro benzene ring substituents is 1. The summed E-state index contributed by atoms with van der Waals surface area (Å²) in [5, 5.41) is 18.9. The number of nitrogens with one attached hydrogen (secondary N) is 4. The Kier molecular flexibility index (Phi) is 6.49. The van der Waals surface area contributed by atoms with E-state index in [2.05, 4.69) is 25.9 Å². The van der Waals surface area contributed by atoms with E-state index in [1.54, 1.807) is 12.1 Å². The van der Waals surface area contributed by atoms with Crippen molar-refractivity contribution >= 4 is 57.0 Å². The van der Waals surface area contributed by atoms with Crippen LogP contribution in [0.1, 0.15) is 5.56 Å². The fraction of sp³-hybridized carbons (Fsp3) is 0.0455. The van der Waals surface area contributed by atoms with Crippen molar-refractivity contribution in [2.75, 3.05) is 16.0 Å². The molecule has 0 saturated carbocycles. The Morgan fingerprint density at radius 3 is 2.36 bits per heavy atom. The number of nitro groups is 1. The first kappa shape index (κ1) is 24.5. The number of nitrogens with zero attached hydrogens (tertiary/aromatic N) is 2. The number of hydrogen-bond donors (Lipinski definition) is 4. The molecular formula is C22H14ClF3N6O4. The van der Waals surface area contributed by atoms with Crippen molar-refractivity contribution in [3.63, 3.8) is 0 Å². The number of rotatable bonds is 5. The fourth-order valence-corrected chi connectivity index (χ4v) is 3.46. The molecule has 0 aliphatic carbocycles. The first-order chi connectivity index (χ1) is 17.0. The van der Waals surface area contributed by atoms with Gasteiger partial charge in [0, 0.05) is 17.4 Å². The van der Waals surface area contributed by atoms with Crippen LogP contribution in [0.25, 0.3) is 10.9 Å². The Balaban J connectivity index is 1.50. The Bertz CT molecular complexity index is 1540. The Morgan fingerprint density at radius 1 is 1.00 bits per heavy atom. The molecule has 0 saturated heterocycles. The molecule has 2 amide bonds. The highest BCUT2D eigenvalue weighted by Crippen LogP contribution is 2.34. The maximum absolute atomic E-state index is 12.9. The van der Waals surface area contributed by atoms with Gasteiger partial charge in [-0.2, -0.15) is 13.2 Å². The van der Waals surface area contributed by atoms with Crippen molar-refractivity contribution in [3.05, 3.63) is 92.0 Å². The zero-order valence-electron chi connectivity index (χ0n) is 17.8. The van der Waals surface area contributed by atoms with Crippen LogP contribution in [0.2, 0.25) is 5.02 Å². The smallest absolute Gasteiger partial charge is 0.355 e. The van der Waals surface area contributed by atoms with Crippen LogP contribution in [0.4, 0.5) is 46.4 Å². The molecule has 0 bridgehead atoms. The third-order valence-corrected chi connectivity index (χ3v) is 5.26. The van der Waals surface area contributed by atoms with Crippen molar-refractivity contribution < 1.29 is 22.9 Å². The van der Waals surface area contributed by atoms with Gasteiger partial charge >= 0.3 is 12.2 Å². The summed E-state index contributed by atoms with van der Waals surface area (Å²) in [5.41, 5.74) is -1.13. The second-order valence-electron chi connectivity index (χ2n) is 7.32. The number of anilines is 4. The lowest BCUT2D eigenvalue weighted by atomic mass is 10.1. The number of alkyl halides is 3. The minimum atomic E-state index is -4.60. The molecule has 3 aromatic carbocycles. The summed E-state index contributed by atoms with van der Waals surface area (Å²) in [6.07, 6.45) is -3.53. The van der Waals surface area contributed by atoms with Crippen molar-refractivity contribution in [1.29, 1.82) is 0 Å². The molecule has 1 heterocycles. The summed E-state index contributed by atoms with van der Waals surface area (Å²) in [4.78, 5) is 41.5. The first-order valence-electron chi connectivity index (χ1n) is 9.99. The molecule has 4 N–H and O–H groups in total. The average Bonchev–Trinajstić information content (AvgIpc) is 2.81. The molecule has 0 aliphatic heterocycles. The number of aromatic nitrogens is 2. The number of fused-ring (bicyclic) bond motifs is 1. The van der Waals surface area contributed by atoms with Crippen LogP contribution >= 0.6 is 11.6 Å². The quantitative estimate of drug-likeness (QED) is 0.192. The monoisotopic (exact) mass is 518 g/mol. The van der Waals surface area contributed by atoms with Gasteiger partial charge in [-0.05, 0) is 48.5 Å². The fourth-order valence-electron chi connectivity index (χ4n) is 3.29. The van der Waals surface area contributed by atoms with Crippen molar-refractivity contribution in [2.24, 2.45) is 0 Å². The van der Waals surface area contributed by atoms with Crippen molar-refractivity contribution in [3.8, 4) is 0 Å². The van der Waals surface area contributed by atoms with Gasteiger partial charge < -0.3 is 20.9 Å². The summed E-state index contributed by atoms with van der Waals surface area (Å²) >= 11 is 5.89. The van der Waals surface area contributed by atoms with E-state index >= 15 is 0 Å². The van der Waals surface area contributed by atoms with Gasteiger partial charge in [-0.25, -0.2) is 9.78 Å². The van der Waals surface area contributed by atoms with Crippen LogP contribution in [-0.4, -0.2) is 20.9 Å². The summed E-state index contributed by atoms with van der Waals surface area (Å²) in [5.74, 6) is 0. The summed E-state index contributed by atoms with van der Waals surface area (Å²) in [6, 6.07) is 10.4. The van der Waals surface area contributed by atoms with Gasteiger partial charge in [-0.15, -0.1) is 0 Å². The summed E-state index contributed by atoms with van der Waals surface area (Å²) in [6.45, 7) is 0. The van der Waals surface area contributed by atoms with E-state index < -0.39 is 28.3 Å². The number of halogens is 4. The predicted molar refractivity (Wildman–Crippen MR) is 128 cm³/mol. The van der Waals surface area contributed by atoms with Gasteiger partial charge in [-0.1, -0.05) is 11.6 Å². The highest BCUT2D eigenvalue weighted by Gasteiger charge is 2.31. The van der Waals surface area contributed by atoms with Crippen LogP contribution in [0, 0.1) is 10.1 Å². The first-order valence-corrected chi connectivity index (χ1v) is 10.4. The normalized spacial score (nSPS) is 11.2. The predicted octanol–water partition coefficient (Wildman–Crippen LogP) is 5.89. The highest BCUT2D eigenvalue weighted by atomic mass is 35.5. The van der Waals surface area contributed by atoms with Crippen LogP contribution in [0.5, 0.6) is 0 Å². The number of carbonyl (C=O) groups is 1. The lowest BCUT2D eigenvalue weighted by Crippen LogP contribution is -2.20. The SMILES string of the molecule is O=C(Nc1ccc(Nc2ccc([N+](=O)[O-])c3nc[nH]c(=O)c23)cc1)Nc1cc(C(F)(F)F)ccc1Cl. The van der Waals surface area contributed by atoms with E-state index in [0.717, 1.165) is 24.5 Å². The Hall–Kier alpha value is -4.65. The number of hydrogen-bond acceptors (Lipinski definition) is 6. The number of nitro benzene ring substituents is 1. The minimum Gasteiger partial charge on any atom is -0.355 e. The van der Waals surface area contributed by atoms with E-state index in [1.807, 2.05) is 0 Å². The van der Waals surface area contributed by atoms with Crippen LogP contribution in [0.3, 0.4) is 0 Å². The number of H-pyrrole nitrogens is 1. The standard InChI is InChI=1S/C22H14ClF3N6O4/c23-14-6-1-11(22(24,25)26)9-16(14)31-21(34)30-13-4-2-12(3-5-13)29-15-7-8-17(32(35)36)19-18(15)20(33)28-10-27-19/h1-10,29H,(H,27,28,33)(H2,30,31,34). The van der Waals surface area contributed by atoms with Gasteiger partial charge in [0.2, 0.25) is 0 Å². The average molecular weight is 519 g/mol. The van der Waals surface area contributed by atoms with Gasteiger partial charge in [0.15, 0.2) is 5.52 Å². The lowest BCUT2D eigenvalue weighted by molar-refractivity contribution is -0.383. The molecule has 36 heavy (non-hydrogen) atoms. The molecule has 0 unspecified atom stereocenters. The Labute approximate surface area is 204 Å². The molecule has 0 fully saturated rings. The number of carbonyl (C=O) groups excluding carboxylic acids is 1. The zero-order valence-corrected chi connectivity index (χ0v) is 18.6.